The largest absolute Gasteiger partial charge is 0.481 e. The highest BCUT2D eigenvalue weighted by atomic mass is 32.2. The molecular formula is C12H15N3O2S3. The molecular weight excluding hydrogens is 314 g/mol. The number of thiazole rings is 1. The summed E-state index contributed by atoms with van der Waals surface area (Å²) in [5.41, 5.74) is 0.711. The average molecular weight is 329 g/mol. The molecule has 1 N–H and O–H groups in total. The van der Waals surface area contributed by atoms with Crippen molar-refractivity contribution >= 4 is 40.6 Å². The second-order valence-corrected chi connectivity index (χ2v) is 8.62. The number of carbonyl (C=O) groups is 1. The average Bonchev–Trinajstić information content (AvgIpc) is 2.86. The van der Waals surface area contributed by atoms with Gasteiger partial charge < -0.3 is 5.11 Å². The Labute approximate surface area is 129 Å². The van der Waals surface area contributed by atoms with E-state index in [2.05, 4.69) is 35.1 Å². The maximum Gasteiger partial charge on any atom is 0.308 e. The molecule has 0 radical (unpaired) electrons. The topological polar surface area (TPSA) is 76.0 Å². The highest BCUT2D eigenvalue weighted by Gasteiger charge is 2.20. The molecule has 0 saturated carbocycles. The fraction of sp³-hybridized carbons (Fsp3) is 0.500. The lowest BCUT2D eigenvalue weighted by Gasteiger charge is -2.11. The van der Waals surface area contributed by atoms with Crippen LogP contribution in [-0.2, 0) is 16.6 Å². The van der Waals surface area contributed by atoms with E-state index < -0.39 is 5.97 Å². The summed E-state index contributed by atoms with van der Waals surface area (Å²) in [5, 5.41) is 8.84. The number of aliphatic carboxylic acids is 1. The molecule has 0 amide bonds. The molecule has 20 heavy (non-hydrogen) atoms. The number of aromatic nitrogens is 3. The molecule has 0 aliphatic rings. The fourth-order valence-electron chi connectivity index (χ4n) is 1.38. The Bertz CT molecular complexity index is 628. The molecule has 0 fully saturated rings. The maximum absolute atomic E-state index is 10.8. The van der Waals surface area contributed by atoms with Crippen LogP contribution in [0.15, 0.2) is 8.68 Å². The lowest BCUT2D eigenvalue weighted by atomic mass is 9.96. The van der Waals surface area contributed by atoms with Crippen LogP contribution in [0.3, 0.4) is 0 Å². The van der Waals surface area contributed by atoms with Crippen molar-refractivity contribution in [2.75, 3.05) is 0 Å². The third-order valence-electron chi connectivity index (χ3n) is 2.44. The zero-order valence-corrected chi connectivity index (χ0v) is 14.1. The number of carboxylic acids is 1. The predicted octanol–water partition coefficient (Wildman–Crippen LogP) is 3.38. The second kappa shape index (κ2) is 5.79. The SMILES string of the molecule is Cc1nc(Sc2nc(C(C)(C)C)ns2)sc1CC(=O)O. The molecule has 0 bridgehead atoms. The van der Waals surface area contributed by atoms with Crippen LogP contribution in [0, 0.1) is 6.92 Å². The standard InChI is InChI=1S/C12H15N3O2S3/c1-6-7(5-8(16)17)18-10(13-6)19-11-14-9(15-20-11)12(2,3)4/h5H2,1-4H3,(H,16,17). The van der Waals surface area contributed by atoms with Crippen molar-refractivity contribution in [3.63, 3.8) is 0 Å². The van der Waals surface area contributed by atoms with Crippen LogP contribution >= 0.6 is 34.6 Å². The van der Waals surface area contributed by atoms with Crippen LogP contribution in [-0.4, -0.2) is 25.4 Å². The summed E-state index contributed by atoms with van der Waals surface area (Å²) in [7, 11) is 0. The summed E-state index contributed by atoms with van der Waals surface area (Å²) in [5.74, 6) is -0.0109. The predicted molar refractivity (Wildman–Crippen MR) is 80.9 cm³/mol. The van der Waals surface area contributed by atoms with Crippen molar-refractivity contribution < 1.29 is 9.90 Å². The van der Waals surface area contributed by atoms with E-state index in [-0.39, 0.29) is 11.8 Å². The van der Waals surface area contributed by atoms with Gasteiger partial charge in [0, 0.05) is 10.3 Å². The molecule has 0 saturated heterocycles. The normalized spacial score (nSPS) is 11.8. The Kier molecular flexibility index (Phi) is 4.46. The molecule has 8 heteroatoms. The Hall–Kier alpha value is -0.990. The van der Waals surface area contributed by atoms with Gasteiger partial charge in [-0.2, -0.15) is 4.37 Å². The van der Waals surface area contributed by atoms with Crippen molar-refractivity contribution in [1.29, 1.82) is 0 Å². The molecule has 0 aliphatic heterocycles. The van der Waals surface area contributed by atoms with Gasteiger partial charge in [-0.25, -0.2) is 9.97 Å². The first-order valence-corrected chi connectivity index (χ1v) is 8.36. The molecule has 0 spiro atoms. The lowest BCUT2D eigenvalue weighted by molar-refractivity contribution is -0.136. The van der Waals surface area contributed by atoms with Crippen LogP contribution in [0.5, 0.6) is 0 Å². The van der Waals surface area contributed by atoms with Gasteiger partial charge in [0.25, 0.3) is 0 Å². The first-order valence-electron chi connectivity index (χ1n) is 5.96. The van der Waals surface area contributed by atoms with Gasteiger partial charge in [-0.3, -0.25) is 4.79 Å². The number of aryl methyl sites for hydroxylation is 1. The van der Waals surface area contributed by atoms with Crippen LogP contribution < -0.4 is 0 Å². The van der Waals surface area contributed by atoms with E-state index in [1.807, 2.05) is 6.92 Å². The van der Waals surface area contributed by atoms with Crippen molar-refractivity contribution in [2.24, 2.45) is 0 Å². The molecule has 2 aromatic rings. The summed E-state index contributed by atoms with van der Waals surface area (Å²) in [6, 6.07) is 0. The van der Waals surface area contributed by atoms with E-state index in [9.17, 15) is 4.79 Å². The molecule has 2 heterocycles. The van der Waals surface area contributed by atoms with Crippen molar-refractivity contribution in [3.05, 3.63) is 16.4 Å². The molecule has 0 unspecified atom stereocenters. The summed E-state index contributed by atoms with van der Waals surface area (Å²) >= 11 is 4.21. The monoisotopic (exact) mass is 329 g/mol. The summed E-state index contributed by atoms with van der Waals surface area (Å²) in [6.45, 7) is 8.05. The highest BCUT2D eigenvalue weighted by Crippen LogP contribution is 2.35. The van der Waals surface area contributed by atoms with Crippen LogP contribution in [0.1, 0.15) is 37.2 Å². The van der Waals surface area contributed by atoms with Crippen molar-refractivity contribution in [3.8, 4) is 0 Å². The number of rotatable bonds is 4. The van der Waals surface area contributed by atoms with Gasteiger partial charge in [0.1, 0.15) is 5.82 Å². The van der Waals surface area contributed by atoms with Crippen LogP contribution in [0.2, 0.25) is 0 Å². The van der Waals surface area contributed by atoms with E-state index in [4.69, 9.17) is 5.11 Å². The first kappa shape index (κ1) is 15.4. The zero-order chi connectivity index (χ0) is 14.9. The number of nitrogens with zero attached hydrogens (tertiary/aromatic N) is 3. The summed E-state index contributed by atoms with van der Waals surface area (Å²) in [4.78, 5) is 20.4. The van der Waals surface area contributed by atoms with Gasteiger partial charge in [-0.15, -0.1) is 11.3 Å². The molecule has 108 valence electrons. The molecule has 5 nitrogen and oxygen atoms in total. The van der Waals surface area contributed by atoms with E-state index in [1.54, 1.807) is 0 Å². The third kappa shape index (κ3) is 3.77. The number of hydrogen-bond donors (Lipinski definition) is 1. The van der Waals surface area contributed by atoms with E-state index in [0.717, 1.165) is 25.1 Å². The minimum atomic E-state index is -0.834. The van der Waals surface area contributed by atoms with E-state index >= 15 is 0 Å². The Morgan fingerprint density at radius 3 is 2.55 bits per heavy atom. The maximum atomic E-state index is 10.8. The van der Waals surface area contributed by atoms with Crippen molar-refractivity contribution in [1.82, 2.24) is 14.3 Å². The van der Waals surface area contributed by atoms with Gasteiger partial charge in [0.15, 0.2) is 8.68 Å². The molecule has 2 aromatic heterocycles. The second-order valence-electron chi connectivity index (χ2n) is 5.29. The summed E-state index contributed by atoms with van der Waals surface area (Å²) < 4.78 is 6.01. The van der Waals surface area contributed by atoms with Gasteiger partial charge in [-0.1, -0.05) is 20.8 Å². The zero-order valence-electron chi connectivity index (χ0n) is 11.6. The summed E-state index contributed by atoms with van der Waals surface area (Å²) in [6.07, 6.45) is 0.0213. The van der Waals surface area contributed by atoms with Crippen LogP contribution in [0.4, 0.5) is 0 Å². The van der Waals surface area contributed by atoms with Crippen molar-refractivity contribution in [2.45, 2.75) is 48.2 Å². The first-order chi connectivity index (χ1) is 9.25. The Morgan fingerprint density at radius 1 is 1.30 bits per heavy atom. The van der Waals surface area contributed by atoms with Gasteiger partial charge in [-0.05, 0) is 30.2 Å². The van der Waals surface area contributed by atoms with Gasteiger partial charge in [0.2, 0.25) is 0 Å². The fourth-order valence-corrected chi connectivity index (χ4v) is 4.59. The lowest BCUT2D eigenvalue weighted by Crippen LogP contribution is -2.12. The number of hydrogen-bond acceptors (Lipinski definition) is 7. The molecule has 2 rings (SSSR count). The Morgan fingerprint density at radius 2 is 2.00 bits per heavy atom. The van der Waals surface area contributed by atoms with E-state index in [1.165, 1.54) is 34.6 Å². The van der Waals surface area contributed by atoms with E-state index in [0.29, 0.717) is 0 Å². The number of carboxylic acid groups (broad SMARTS) is 1. The molecule has 0 aromatic carbocycles. The Balaban J connectivity index is 2.14. The smallest absolute Gasteiger partial charge is 0.308 e. The molecule has 0 aliphatic carbocycles. The highest BCUT2D eigenvalue weighted by molar-refractivity contribution is 8.02. The van der Waals surface area contributed by atoms with Gasteiger partial charge in [0.05, 0.1) is 12.1 Å². The quantitative estimate of drug-likeness (QED) is 0.926. The minimum absolute atomic E-state index is 0.0213. The molecule has 0 atom stereocenters. The minimum Gasteiger partial charge on any atom is -0.481 e. The third-order valence-corrected chi connectivity index (χ3v) is 5.41. The van der Waals surface area contributed by atoms with Crippen LogP contribution in [0.25, 0.3) is 0 Å². The van der Waals surface area contributed by atoms with Gasteiger partial charge >= 0.3 is 5.97 Å².